The molecular weight excluding hydrogens is 385 g/mol. The molecule has 1 aromatic rings. The quantitative estimate of drug-likeness (QED) is 0.761. The molecule has 1 amide bonds. The Balaban J connectivity index is 1.57. The molecule has 1 unspecified atom stereocenters. The second-order valence-electron chi connectivity index (χ2n) is 8.36. The number of pyridine rings is 1. The third-order valence-corrected chi connectivity index (χ3v) is 6.66. The number of aliphatic hydroxyl groups is 1. The molecule has 0 radical (unpaired) electrons. The van der Waals surface area contributed by atoms with Gasteiger partial charge in [-0.2, -0.15) is 14.6 Å². The number of piperidine rings is 1. The van der Waals surface area contributed by atoms with E-state index in [0.717, 1.165) is 12.8 Å². The van der Waals surface area contributed by atoms with Gasteiger partial charge in [-0.1, -0.05) is 0 Å². The second kappa shape index (κ2) is 7.48. The smallest absolute Gasteiger partial charge is 0.252 e. The summed E-state index contributed by atoms with van der Waals surface area (Å²) in [5.74, 6) is -4.70. The van der Waals surface area contributed by atoms with E-state index in [-0.39, 0.29) is 24.6 Å². The maximum Gasteiger partial charge on any atom is 0.252 e. The van der Waals surface area contributed by atoms with E-state index >= 15 is 0 Å². The fourth-order valence-corrected chi connectivity index (χ4v) is 5.07. The van der Waals surface area contributed by atoms with Crippen LogP contribution in [0.25, 0.3) is 0 Å². The van der Waals surface area contributed by atoms with Crippen LogP contribution in [-0.2, 0) is 4.79 Å². The number of aliphatic hydroxyl groups excluding tert-OH is 1. The van der Waals surface area contributed by atoms with Crippen LogP contribution in [0.3, 0.4) is 0 Å². The number of nitriles is 1. The maximum absolute atomic E-state index is 14.6. The third-order valence-electron chi connectivity index (χ3n) is 6.66. The average molecular weight is 408 g/mol. The Labute approximate surface area is 166 Å². The number of nitrogens with zero attached hydrogens (tertiary/aromatic N) is 4. The number of carbonyl (C=O) groups excluding carboxylic acids is 1. The molecule has 6 nitrogen and oxygen atoms in total. The standard InChI is InChI=1S/C20H23F3N4O2/c21-15-14(10-24)16(22)18(25-17(15)23)26-8-1-6-20(11-26)7-9-27(19(20)29)12-2-4-13(28)5-3-12/h12-13,28H,1-9,11H2/t12-,13-,20?. The highest BCUT2D eigenvalue weighted by Crippen LogP contribution is 2.43. The van der Waals surface area contributed by atoms with Gasteiger partial charge in [-0.25, -0.2) is 8.78 Å². The van der Waals surface area contributed by atoms with Crippen LogP contribution in [0.5, 0.6) is 0 Å². The van der Waals surface area contributed by atoms with E-state index < -0.39 is 34.4 Å². The highest BCUT2D eigenvalue weighted by atomic mass is 19.2. The molecule has 3 aliphatic rings. The number of hydrogen-bond donors (Lipinski definition) is 1. The van der Waals surface area contributed by atoms with Crippen LogP contribution < -0.4 is 4.90 Å². The summed E-state index contributed by atoms with van der Waals surface area (Å²) in [6.07, 6.45) is 4.41. The van der Waals surface area contributed by atoms with Crippen LogP contribution >= 0.6 is 0 Å². The van der Waals surface area contributed by atoms with Crippen molar-refractivity contribution in [2.75, 3.05) is 24.5 Å². The van der Waals surface area contributed by atoms with Crippen molar-refractivity contribution >= 4 is 11.7 Å². The molecule has 0 bridgehead atoms. The number of amides is 1. The van der Waals surface area contributed by atoms with Gasteiger partial charge < -0.3 is 14.9 Å². The second-order valence-corrected chi connectivity index (χ2v) is 8.36. The number of carbonyl (C=O) groups is 1. The van der Waals surface area contributed by atoms with Crippen LogP contribution in [0.1, 0.15) is 50.5 Å². The molecular formula is C20H23F3N4O2. The monoisotopic (exact) mass is 408 g/mol. The van der Waals surface area contributed by atoms with Gasteiger partial charge in [0.2, 0.25) is 5.91 Å². The van der Waals surface area contributed by atoms with Gasteiger partial charge in [0.25, 0.3) is 5.95 Å². The lowest BCUT2D eigenvalue weighted by Crippen LogP contribution is -2.50. The zero-order valence-electron chi connectivity index (χ0n) is 16.0. The SMILES string of the molecule is N#Cc1c(F)c(F)nc(N2CCCC3(CCN([C@H]4CC[C@H](O)CC4)C3=O)C2)c1F. The van der Waals surface area contributed by atoms with E-state index in [9.17, 15) is 23.1 Å². The summed E-state index contributed by atoms with van der Waals surface area (Å²) in [5.41, 5.74) is -1.70. The Hall–Kier alpha value is -2.34. The number of anilines is 1. The number of aromatic nitrogens is 1. The average Bonchev–Trinajstić information content (AvgIpc) is 3.01. The fourth-order valence-electron chi connectivity index (χ4n) is 5.07. The van der Waals surface area contributed by atoms with E-state index in [1.807, 2.05) is 4.90 Å². The lowest BCUT2D eigenvalue weighted by Gasteiger charge is -2.41. The van der Waals surface area contributed by atoms with Crippen LogP contribution in [0.15, 0.2) is 0 Å². The van der Waals surface area contributed by atoms with E-state index in [0.29, 0.717) is 45.2 Å². The van der Waals surface area contributed by atoms with Crippen molar-refractivity contribution in [2.45, 2.75) is 57.1 Å². The molecule has 2 aliphatic heterocycles. The van der Waals surface area contributed by atoms with Crippen LogP contribution in [0.2, 0.25) is 0 Å². The van der Waals surface area contributed by atoms with Gasteiger partial charge in [0.1, 0.15) is 11.6 Å². The Bertz CT molecular complexity index is 866. The van der Waals surface area contributed by atoms with Crippen molar-refractivity contribution in [3.8, 4) is 6.07 Å². The van der Waals surface area contributed by atoms with Crippen LogP contribution in [0, 0.1) is 34.3 Å². The summed E-state index contributed by atoms with van der Waals surface area (Å²) >= 11 is 0. The van der Waals surface area contributed by atoms with Crippen molar-refractivity contribution in [2.24, 2.45) is 5.41 Å². The molecule has 1 N–H and O–H groups in total. The molecule has 156 valence electrons. The van der Waals surface area contributed by atoms with Crippen LogP contribution in [-0.4, -0.2) is 52.7 Å². The zero-order chi connectivity index (χ0) is 20.8. The van der Waals surface area contributed by atoms with Gasteiger partial charge in [0.15, 0.2) is 17.5 Å². The minimum atomic E-state index is -1.59. The lowest BCUT2D eigenvalue weighted by molar-refractivity contribution is -0.139. The minimum absolute atomic E-state index is 0.00656. The van der Waals surface area contributed by atoms with Gasteiger partial charge in [0, 0.05) is 25.7 Å². The Morgan fingerprint density at radius 3 is 2.52 bits per heavy atom. The maximum atomic E-state index is 14.6. The van der Waals surface area contributed by atoms with Crippen LogP contribution in [0.4, 0.5) is 19.0 Å². The lowest BCUT2D eigenvalue weighted by atomic mass is 9.78. The summed E-state index contributed by atoms with van der Waals surface area (Å²) in [6, 6.07) is 1.46. The largest absolute Gasteiger partial charge is 0.393 e. The molecule has 1 atom stereocenters. The normalized spacial score (nSPS) is 30.1. The molecule has 1 aliphatic carbocycles. The first-order chi connectivity index (χ1) is 13.9. The zero-order valence-corrected chi connectivity index (χ0v) is 16.0. The summed E-state index contributed by atoms with van der Waals surface area (Å²) in [7, 11) is 0. The summed E-state index contributed by atoms with van der Waals surface area (Å²) < 4.78 is 42.1. The molecule has 3 heterocycles. The predicted octanol–water partition coefficient (Wildman–Crippen LogP) is 2.49. The summed E-state index contributed by atoms with van der Waals surface area (Å²) in [5, 5.41) is 18.7. The number of likely N-dealkylation sites (tertiary alicyclic amines) is 1. The number of halogens is 3. The molecule has 3 fully saturated rings. The third kappa shape index (κ3) is 3.33. The molecule has 1 saturated carbocycles. The number of rotatable bonds is 2. The van der Waals surface area contributed by atoms with E-state index in [2.05, 4.69) is 4.98 Å². The minimum Gasteiger partial charge on any atom is -0.393 e. The first kappa shape index (κ1) is 20.0. The molecule has 0 aromatic carbocycles. The Kier molecular flexibility index (Phi) is 5.15. The van der Waals surface area contributed by atoms with Gasteiger partial charge in [-0.05, 0) is 44.9 Å². The predicted molar refractivity (Wildman–Crippen MR) is 97.3 cm³/mol. The molecule has 1 spiro atoms. The molecule has 29 heavy (non-hydrogen) atoms. The van der Waals surface area contributed by atoms with Gasteiger partial charge >= 0.3 is 0 Å². The summed E-state index contributed by atoms with van der Waals surface area (Å²) in [4.78, 5) is 20.1. The van der Waals surface area contributed by atoms with Crippen molar-refractivity contribution < 1.29 is 23.1 Å². The topological polar surface area (TPSA) is 80.5 Å². The van der Waals surface area contributed by atoms with Crippen molar-refractivity contribution in [1.82, 2.24) is 9.88 Å². The first-order valence-corrected chi connectivity index (χ1v) is 10.0. The fraction of sp³-hybridized carbons (Fsp3) is 0.650. The highest BCUT2D eigenvalue weighted by molar-refractivity contribution is 5.86. The van der Waals surface area contributed by atoms with Crippen molar-refractivity contribution in [3.63, 3.8) is 0 Å². The van der Waals surface area contributed by atoms with Gasteiger partial charge in [0.05, 0.1) is 11.5 Å². The van der Waals surface area contributed by atoms with Gasteiger partial charge in [-0.3, -0.25) is 4.79 Å². The van der Waals surface area contributed by atoms with E-state index in [1.165, 1.54) is 11.0 Å². The Morgan fingerprint density at radius 1 is 1.10 bits per heavy atom. The summed E-state index contributed by atoms with van der Waals surface area (Å²) in [6.45, 7) is 1.12. The molecule has 9 heteroatoms. The molecule has 2 saturated heterocycles. The van der Waals surface area contributed by atoms with E-state index in [4.69, 9.17) is 5.26 Å². The van der Waals surface area contributed by atoms with Gasteiger partial charge in [-0.15, -0.1) is 0 Å². The molecule has 4 rings (SSSR count). The van der Waals surface area contributed by atoms with Crippen molar-refractivity contribution in [1.29, 1.82) is 5.26 Å². The van der Waals surface area contributed by atoms with Crippen molar-refractivity contribution in [3.05, 3.63) is 23.1 Å². The number of hydrogen-bond acceptors (Lipinski definition) is 5. The highest BCUT2D eigenvalue weighted by Gasteiger charge is 2.51. The first-order valence-electron chi connectivity index (χ1n) is 10.0. The molecule has 1 aromatic heterocycles. The van der Waals surface area contributed by atoms with E-state index in [1.54, 1.807) is 0 Å². The Morgan fingerprint density at radius 2 is 1.83 bits per heavy atom.